The molecule has 0 saturated carbocycles. The minimum Gasteiger partial charge on any atom is -0.508 e. The second-order valence-corrected chi connectivity index (χ2v) is 5.71. The molecule has 3 N–H and O–H groups in total. The Balaban J connectivity index is 2.04. The van der Waals surface area contributed by atoms with Crippen LogP contribution in [0.5, 0.6) is 5.75 Å². The lowest BCUT2D eigenvalue weighted by Gasteiger charge is -2.04. The number of anilines is 1. The molecule has 4 aromatic rings. The average molecular weight is 316 g/mol. The van der Waals surface area contributed by atoms with E-state index in [4.69, 9.17) is 5.73 Å². The number of aromatic nitrogens is 3. The Hall–Kier alpha value is -3.34. The van der Waals surface area contributed by atoms with E-state index in [0.29, 0.717) is 5.82 Å². The first-order valence-electron chi connectivity index (χ1n) is 7.62. The third kappa shape index (κ3) is 2.18. The van der Waals surface area contributed by atoms with Crippen LogP contribution in [0.1, 0.15) is 5.56 Å². The Morgan fingerprint density at radius 3 is 2.58 bits per heavy atom. The van der Waals surface area contributed by atoms with Gasteiger partial charge in [0.25, 0.3) is 0 Å². The van der Waals surface area contributed by atoms with Crippen molar-refractivity contribution in [3.05, 3.63) is 66.6 Å². The van der Waals surface area contributed by atoms with Crippen LogP contribution in [0.3, 0.4) is 0 Å². The molecule has 5 nitrogen and oxygen atoms in total. The quantitative estimate of drug-likeness (QED) is 0.591. The van der Waals surface area contributed by atoms with Crippen LogP contribution in [0.4, 0.5) is 5.82 Å². The van der Waals surface area contributed by atoms with Gasteiger partial charge < -0.3 is 15.4 Å². The van der Waals surface area contributed by atoms with Crippen molar-refractivity contribution in [1.82, 2.24) is 14.5 Å². The van der Waals surface area contributed by atoms with Gasteiger partial charge in [0.05, 0.1) is 5.39 Å². The Bertz CT molecular complexity index is 1040. The summed E-state index contributed by atoms with van der Waals surface area (Å²) in [4.78, 5) is 8.57. The van der Waals surface area contributed by atoms with Crippen LogP contribution >= 0.6 is 0 Å². The summed E-state index contributed by atoms with van der Waals surface area (Å²) in [7, 11) is 0. The molecule has 2 heterocycles. The lowest BCUT2D eigenvalue weighted by atomic mass is 10.0. The van der Waals surface area contributed by atoms with Gasteiger partial charge in [-0.15, -0.1) is 0 Å². The Morgan fingerprint density at radius 2 is 1.83 bits per heavy atom. The minimum absolute atomic E-state index is 0.273. The average Bonchev–Trinajstić information content (AvgIpc) is 2.99. The Morgan fingerprint density at radius 1 is 1.04 bits per heavy atom. The first-order chi connectivity index (χ1) is 11.6. The van der Waals surface area contributed by atoms with Gasteiger partial charge in [-0.05, 0) is 42.3 Å². The number of phenols is 1. The van der Waals surface area contributed by atoms with Gasteiger partial charge in [-0.25, -0.2) is 9.97 Å². The number of rotatable bonds is 2. The summed E-state index contributed by atoms with van der Waals surface area (Å²) in [5.74, 6) is 0.713. The molecule has 0 aliphatic carbocycles. The second kappa shape index (κ2) is 5.38. The van der Waals surface area contributed by atoms with Gasteiger partial charge in [-0.3, -0.25) is 0 Å². The van der Waals surface area contributed by atoms with Gasteiger partial charge in [-0.1, -0.05) is 24.3 Å². The zero-order valence-corrected chi connectivity index (χ0v) is 13.1. The third-order valence-electron chi connectivity index (χ3n) is 4.15. The van der Waals surface area contributed by atoms with Crippen LogP contribution in [0.15, 0.2) is 61.1 Å². The fourth-order valence-corrected chi connectivity index (χ4v) is 2.91. The molecule has 0 saturated heterocycles. The van der Waals surface area contributed by atoms with E-state index in [9.17, 15) is 5.11 Å². The normalized spacial score (nSPS) is 11.0. The summed E-state index contributed by atoms with van der Waals surface area (Å²) < 4.78 is 2.00. The number of nitrogen functional groups attached to an aromatic ring is 1. The molecular formula is C19H16N4O. The lowest BCUT2D eigenvalue weighted by Crippen LogP contribution is -1.96. The van der Waals surface area contributed by atoms with Crippen LogP contribution in [-0.2, 0) is 0 Å². The van der Waals surface area contributed by atoms with Crippen molar-refractivity contribution < 1.29 is 5.11 Å². The molecule has 0 aliphatic heterocycles. The van der Waals surface area contributed by atoms with E-state index in [1.165, 1.54) is 6.33 Å². The smallest absolute Gasteiger partial charge is 0.150 e. The van der Waals surface area contributed by atoms with E-state index < -0.39 is 0 Å². The molecule has 2 aromatic carbocycles. The fraction of sp³-hybridized carbons (Fsp3) is 0.0526. The molecule has 4 rings (SSSR count). The number of phenolic OH excluding ortho intramolecular Hbond substituents is 1. The van der Waals surface area contributed by atoms with Crippen molar-refractivity contribution in [1.29, 1.82) is 0 Å². The summed E-state index contributed by atoms with van der Waals surface area (Å²) in [5, 5.41) is 10.6. The van der Waals surface area contributed by atoms with Gasteiger partial charge in [0.15, 0.2) is 5.65 Å². The number of nitrogens with two attached hydrogens (primary N) is 1. The number of aryl methyl sites for hydroxylation is 1. The number of hydrogen-bond acceptors (Lipinski definition) is 4. The maximum atomic E-state index is 9.79. The van der Waals surface area contributed by atoms with Crippen LogP contribution in [0.25, 0.3) is 27.8 Å². The van der Waals surface area contributed by atoms with Crippen molar-refractivity contribution in [2.24, 2.45) is 0 Å². The van der Waals surface area contributed by atoms with Crippen LogP contribution in [-0.4, -0.2) is 19.6 Å². The third-order valence-corrected chi connectivity index (χ3v) is 4.15. The molecular weight excluding hydrogens is 300 g/mol. The van der Waals surface area contributed by atoms with Crippen molar-refractivity contribution in [3.63, 3.8) is 0 Å². The number of nitrogens with zero attached hydrogens (tertiary/aromatic N) is 3. The summed E-state index contributed by atoms with van der Waals surface area (Å²) in [5.41, 5.74) is 10.6. The summed E-state index contributed by atoms with van der Waals surface area (Å²) in [6, 6.07) is 15.5. The van der Waals surface area contributed by atoms with Crippen LogP contribution in [0.2, 0.25) is 0 Å². The maximum absolute atomic E-state index is 9.79. The maximum Gasteiger partial charge on any atom is 0.150 e. The standard InChI is InChI=1S/C19H16N4O/c1-12-9-13(7-8-16(12)24)15-10-23(14-5-3-2-4-6-14)19-17(15)18(20)21-11-22-19/h2-11,24H,1H3,(H2,20,21,22). The molecule has 0 aliphatic rings. The van der Waals surface area contributed by atoms with Crippen molar-refractivity contribution in [2.75, 3.05) is 5.73 Å². The Labute approximate surface area is 139 Å². The van der Waals surface area contributed by atoms with E-state index in [0.717, 1.165) is 33.4 Å². The molecule has 24 heavy (non-hydrogen) atoms. The van der Waals surface area contributed by atoms with Gasteiger partial charge in [0, 0.05) is 17.4 Å². The molecule has 2 aromatic heterocycles. The number of para-hydroxylation sites is 1. The van der Waals surface area contributed by atoms with E-state index in [1.807, 2.05) is 60.2 Å². The number of benzene rings is 2. The molecule has 0 bridgehead atoms. The van der Waals surface area contributed by atoms with Gasteiger partial charge >= 0.3 is 0 Å². The molecule has 0 unspecified atom stereocenters. The van der Waals surface area contributed by atoms with Crippen LogP contribution < -0.4 is 5.73 Å². The van der Waals surface area contributed by atoms with Crippen LogP contribution in [0, 0.1) is 6.92 Å². The van der Waals surface area contributed by atoms with Gasteiger partial charge in [0.1, 0.15) is 17.9 Å². The van der Waals surface area contributed by atoms with E-state index in [1.54, 1.807) is 6.07 Å². The molecule has 118 valence electrons. The highest BCUT2D eigenvalue weighted by Crippen LogP contribution is 2.35. The predicted molar refractivity (Wildman–Crippen MR) is 95.1 cm³/mol. The summed E-state index contributed by atoms with van der Waals surface area (Å²) in [6.07, 6.45) is 3.49. The molecule has 0 amide bonds. The predicted octanol–water partition coefficient (Wildman–Crippen LogP) is 3.68. The zero-order chi connectivity index (χ0) is 16.7. The monoisotopic (exact) mass is 316 g/mol. The second-order valence-electron chi connectivity index (χ2n) is 5.71. The van der Waals surface area contributed by atoms with Crippen molar-refractivity contribution in [3.8, 4) is 22.6 Å². The fourth-order valence-electron chi connectivity index (χ4n) is 2.91. The highest BCUT2D eigenvalue weighted by Gasteiger charge is 2.16. The van der Waals surface area contributed by atoms with E-state index >= 15 is 0 Å². The largest absolute Gasteiger partial charge is 0.508 e. The van der Waals surface area contributed by atoms with Gasteiger partial charge in [-0.2, -0.15) is 0 Å². The van der Waals surface area contributed by atoms with Gasteiger partial charge in [0.2, 0.25) is 0 Å². The molecule has 5 heteroatoms. The molecule has 0 atom stereocenters. The first-order valence-corrected chi connectivity index (χ1v) is 7.62. The van der Waals surface area contributed by atoms with E-state index in [-0.39, 0.29) is 5.75 Å². The van der Waals surface area contributed by atoms with Crippen molar-refractivity contribution >= 4 is 16.9 Å². The van der Waals surface area contributed by atoms with Crippen molar-refractivity contribution in [2.45, 2.75) is 6.92 Å². The number of fused-ring (bicyclic) bond motifs is 1. The number of aromatic hydroxyl groups is 1. The minimum atomic E-state index is 0.273. The summed E-state index contributed by atoms with van der Waals surface area (Å²) in [6.45, 7) is 1.87. The summed E-state index contributed by atoms with van der Waals surface area (Å²) >= 11 is 0. The highest BCUT2D eigenvalue weighted by molar-refractivity contribution is 6.01. The Kier molecular flexibility index (Phi) is 3.20. The molecule has 0 spiro atoms. The topological polar surface area (TPSA) is 77.0 Å². The SMILES string of the molecule is Cc1cc(-c2cn(-c3ccccc3)c3ncnc(N)c23)ccc1O. The highest BCUT2D eigenvalue weighted by atomic mass is 16.3. The molecule has 0 fully saturated rings. The lowest BCUT2D eigenvalue weighted by molar-refractivity contribution is 0.471. The zero-order valence-electron chi connectivity index (χ0n) is 13.1. The molecule has 0 radical (unpaired) electrons. The van der Waals surface area contributed by atoms with E-state index in [2.05, 4.69) is 9.97 Å². The first kappa shape index (κ1) is 14.3. The number of hydrogen-bond donors (Lipinski definition) is 2.